The van der Waals surface area contributed by atoms with E-state index in [0.29, 0.717) is 5.56 Å². The van der Waals surface area contributed by atoms with Crippen LogP contribution < -0.4 is 4.83 Å². The lowest BCUT2D eigenvalue weighted by Crippen LogP contribution is -2.18. The molecule has 0 spiro atoms. The Labute approximate surface area is 82.1 Å². The van der Waals surface area contributed by atoms with Gasteiger partial charge in [0, 0.05) is 0 Å². The van der Waals surface area contributed by atoms with Gasteiger partial charge in [0.1, 0.15) is 0 Å². The van der Waals surface area contributed by atoms with E-state index in [0.717, 1.165) is 5.56 Å². The van der Waals surface area contributed by atoms with E-state index in [2.05, 4.69) is 5.29 Å². The summed E-state index contributed by atoms with van der Waals surface area (Å²) in [5.74, 6) is 0. The van der Waals surface area contributed by atoms with Crippen LogP contribution in [0.25, 0.3) is 0 Å². The summed E-state index contributed by atoms with van der Waals surface area (Å²) in [5, 5.41) is 2.16. The minimum atomic E-state index is -3.79. The molecular formula is C8H10N2O3S. The van der Waals surface area contributed by atoms with E-state index in [1.165, 1.54) is 6.07 Å². The Balaban J connectivity index is 3.26. The van der Waals surface area contributed by atoms with Gasteiger partial charge in [-0.2, -0.15) is 13.2 Å². The summed E-state index contributed by atoms with van der Waals surface area (Å²) in [6.45, 7) is 3.52. The van der Waals surface area contributed by atoms with Gasteiger partial charge < -0.3 is 0 Å². The molecule has 0 aliphatic rings. The van der Waals surface area contributed by atoms with Gasteiger partial charge in [-0.25, -0.2) is 0 Å². The van der Waals surface area contributed by atoms with Crippen LogP contribution in [-0.4, -0.2) is 8.42 Å². The summed E-state index contributed by atoms with van der Waals surface area (Å²) in [6.07, 6.45) is 0. The van der Waals surface area contributed by atoms with E-state index in [1.807, 2.05) is 6.92 Å². The van der Waals surface area contributed by atoms with Crippen LogP contribution in [0.5, 0.6) is 0 Å². The van der Waals surface area contributed by atoms with Crippen molar-refractivity contribution in [3.8, 4) is 0 Å². The molecule has 0 aliphatic heterocycles. The van der Waals surface area contributed by atoms with Crippen LogP contribution in [0.2, 0.25) is 0 Å². The van der Waals surface area contributed by atoms with Crippen molar-refractivity contribution in [2.75, 3.05) is 0 Å². The largest absolute Gasteiger partial charge is 0.279 e. The van der Waals surface area contributed by atoms with Crippen molar-refractivity contribution in [2.24, 2.45) is 5.29 Å². The molecule has 0 saturated carbocycles. The lowest BCUT2D eigenvalue weighted by atomic mass is 10.2. The van der Waals surface area contributed by atoms with Crippen LogP contribution in [0.15, 0.2) is 28.4 Å². The molecule has 0 unspecified atom stereocenters. The summed E-state index contributed by atoms with van der Waals surface area (Å²) < 4.78 is 22.7. The Hall–Kier alpha value is -1.43. The third kappa shape index (κ3) is 2.08. The maximum absolute atomic E-state index is 11.4. The zero-order valence-electron chi connectivity index (χ0n) is 7.81. The number of nitrogens with zero attached hydrogens (tertiary/aromatic N) is 1. The van der Waals surface area contributed by atoms with Gasteiger partial charge in [-0.05, 0) is 25.5 Å². The van der Waals surface area contributed by atoms with Gasteiger partial charge in [0.2, 0.25) is 0 Å². The van der Waals surface area contributed by atoms with Crippen molar-refractivity contribution in [1.29, 1.82) is 0 Å². The second-order valence-corrected chi connectivity index (χ2v) is 4.58. The molecule has 0 amide bonds. The Morgan fingerprint density at radius 3 is 2.43 bits per heavy atom. The van der Waals surface area contributed by atoms with Crippen molar-refractivity contribution in [3.63, 3.8) is 0 Å². The first kappa shape index (κ1) is 10.6. The standard InChI is InChI=1S/C8H10N2O3S/c1-6-3-4-8(7(2)5-6)14(12,13)10-9-11/h3-5H,1-2H3,(H,10,11). The quantitative estimate of drug-likeness (QED) is 0.608. The van der Waals surface area contributed by atoms with E-state index in [1.54, 1.807) is 23.9 Å². The monoisotopic (exact) mass is 214 g/mol. The average molecular weight is 214 g/mol. The maximum atomic E-state index is 11.4. The van der Waals surface area contributed by atoms with E-state index >= 15 is 0 Å². The molecule has 14 heavy (non-hydrogen) atoms. The van der Waals surface area contributed by atoms with Gasteiger partial charge in [0.25, 0.3) is 10.0 Å². The highest BCUT2D eigenvalue weighted by Crippen LogP contribution is 2.15. The molecule has 0 heterocycles. The Morgan fingerprint density at radius 1 is 1.29 bits per heavy atom. The Morgan fingerprint density at radius 2 is 1.93 bits per heavy atom. The maximum Gasteiger partial charge on any atom is 0.279 e. The van der Waals surface area contributed by atoms with Crippen LogP contribution >= 0.6 is 0 Å². The predicted octanol–water partition coefficient (Wildman–Crippen LogP) is 1.26. The van der Waals surface area contributed by atoms with E-state index in [-0.39, 0.29) is 4.90 Å². The van der Waals surface area contributed by atoms with Crippen molar-refractivity contribution in [2.45, 2.75) is 18.7 Å². The van der Waals surface area contributed by atoms with Gasteiger partial charge in [-0.1, -0.05) is 17.7 Å². The number of benzene rings is 1. The molecule has 0 saturated heterocycles. The molecule has 1 rings (SSSR count). The molecule has 1 aromatic rings. The molecule has 0 fully saturated rings. The van der Waals surface area contributed by atoms with Gasteiger partial charge >= 0.3 is 0 Å². The average Bonchev–Trinajstić information content (AvgIpc) is 2.02. The molecule has 1 N–H and O–H groups in total. The normalized spacial score (nSPS) is 11.0. The van der Waals surface area contributed by atoms with Crippen molar-refractivity contribution in [3.05, 3.63) is 34.2 Å². The third-order valence-corrected chi connectivity index (χ3v) is 3.13. The second-order valence-electron chi connectivity index (χ2n) is 2.95. The lowest BCUT2D eigenvalue weighted by molar-refractivity contribution is 0.583. The number of nitroso groups, excluding NO2 is 1. The van der Waals surface area contributed by atoms with E-state index in [9.17, 15) is 13.3 Å². The zero-order valence-corrected chi connectivity index (χ0v) is 8.63. The van der Waals surface area contributed by atoms with Crippen LogP contribution in [-0.2, 0) is 10.0 Å². The highest BCUT2D eigenvalue weighted by Gasteiger charge is 2.15. The van der Waals surface area contributed by atoms with Crippen molar-refractivity contribution in [1.82, 2.24) is 4.83 Å². The van der Waals surface area contributed by atoms with Gasteiger partial charge in [-0.15, -0.1) is 4.91 Å². The zero-order chi connectivity index (χ0) is 10.8. The molecule has 0 aromatic heterocycles. The fraction of sp³-hybridized carbons (Fsp3) is 0.250. The van der Waals surface area contributed by atoms with Crippen molar-refractivity contribution < 1.29 is 8.42 Å². The van der Waals surface area contributed by atoms with Crippen LogP contribution in [0.3, 0.4) is 0 Å². The van der Waals surface area contributed by atoms with Crippen molar-refractivity contribution >= 4 is 10.0 Å². The second kappa shape index (κ2) is 3.75. The SMILES string of the molecule is Cc1ccc(S(=O)(=O)NN=O)c(C)c1. The molecule has 0 radical (unpaired) electrons. The van der Waals surface area contributed by atoms with Crippen LogP contribution in [0.4, 0.5) is 0 Å². The third-order valence-electron chi connectivity index (χ3n) is 1.78. The Bertz CT molecular complexity index is 454. The summed E-state index contributed by atoms with van der Waals surface area (Å²) in [4.78, 5) is 11.4. The first-order valence-electron chi connectivity index (χ1n) is 3.89. The molecule has 1 aromatic carbocycles. The van der Waals surface area contributed by atoms with Crippen LogP contribution in [0.1, 0.15) is 11.1 Å². The van der Waals surface area contributed by atoms with E-state index in [4.69, 9.17) is 0 Å². The van der Waals surface area contributed by atoms with E-state index < -0.39 is 10.0 Å². The first-order valence-corrected chi connectivity index (χ1v) is 5.37. The predicted molar refractivity (Wildman–Crippen MR) is 52.0 cm³/mol. The molecule has 6 heteroatoms. The number of rotatable bonds is 3. The number of aryl methyl sites for hydroxylation is 2. The summed E-state index contributed by atoms with van der Waals surface area (Å²) in [6, 6.07) is 4.82. The molecule has 5 nitrogen and oxygen atoms in total. The fourth-order valence-corrected chi connectivity index (χ4v) is 2.13. The first-order chi connectivity index (χ1) is 6.47. The number of hydrogen-bond donors (Lipinski definition) is 1. The summed E-state index contributed by atoms with van der Waals surface area (Å²) in [7, 11) is -3.79. The Kier molecular flexibility index (Phi) is 2.85. The summed E-state index contributed by atoms with van der Waals surface area (Å²) in [5.41, 5.74) is 1.54. The van der Waals surface area contributed by atoms with Gasteiger partial charge in [0.05, 0.1) is 10.2 Å². The topological polar surface area (TPSA) is 75.6 Å². The number of nitrogens with one attached hydrogen (secondary N) is 1. The minimum absolute atomic E-state index is 0.0719. The molecule has 0 atom stereocenters. The number of sulfonamides is 1. The minimum Gasteiger partial charge on any atom is -0.200 e. The smallest absolute Gasteiger partial charge is 0.200 e. The molecule has 0 aliphatic carbocycles. The molecule has 0 bridgehead atoms. The molecular weight excluding hydrogens is 204 g/mol. The highest BCUT2D eigenvalue weighted by atomic mass is 32.2. The van der Waals surface area contributed by atoms with Gasteiger partial charge in [0.15, 0.2) is 0 Å². The van der Waals surface area contributed by atoms with Gasteiger partial charge in [-0.3, -0.25) is 0 Å². The fourth-order valence-electron chi connectivity index (χ4n) is 1.20. The summed E-state index contributed by atoms with van der Waals surface area (Å²) >= 11 is 0. The molecule has 76 valence electrons. The highest BCUT2D eigenvalue weighted by molar-refractivity contribution is 7.89. The van der Waals surface area contributed by atoms with Crippen LogP contribution in [0, 0.1) is 18.8 Å². The lowest BCUT2D eigenvalue weighted by Gasteiger charge is -2.05. The number of hydrogen-bond acceptors (Lipinski definition) is 4.